The molecular weight excluding hydrogens is 386 g/mol. The molecule has 0 fully saturated rings. The van der Waals surface area contributed by atoms with Crippen molar-refractivity contribution in [3.8, 4) is 5.75 Å². The van der Waals surface area contributed by atoms with E-state index in [1.165, 1.54) is 11.8 Å². The minimum atomic E-state index is -0.291. The van der Waals surface area contributed by atoms with Crippen molar-refractivity contribution in [1.29, 1.82) is 0 Å². The van der Waals surface area contributed by atoms with E-state index in [4.69, 9.17) is 4.74 Å². The standard InChI is InChI=1S/C26H29N3O2/c1-17(2)23-10-7-21(8-11-23)16-31-25-18(3)12-22(13-19(25)4)14-28-29-26(30)24-9-6-20(5)27-15-24/h6-15,17H,16H2,1-5H3,(H,29,30)/b28-14+. The van der Waals surface area contributed by atoms with Crippen molar-refractivity contribution in [2.24, 2.45) is 5.10 Å². The predicted octanol–water partition coefficient (Wildman–Crippen LogP) is 5.47. The van der Waals surface area contributed by atoms with Crippen LogP contribution in [-0.4, -0.2) is 17.1 Å². The number of hydrazone groups is 1. The lowest BCUT2D eigenvalue weighted by molar-refractivity contribution is 0.0955. The van der Waals surface area contributed by atoms with Crippen molar-refractivity contribution in [3.05, 3.63) is 93.8 Å². The minimum absolute atomic E-state index is 0.291. The highest BCUT2D eigenvalue weighted by Crippen LogP contribution is 2.25. The van der Waals surface area contributed by atoms with Crippen LogP contribution in [0.4, 0.5) is 0 Å². The molecule has 0 aliphatic carbocycles. The highest BCUT2D eigenvalue weighted by atomic mass is 16.5. The van der Waals surface area contributed by atoms with E-state index < -0.39 is 0 Å². The van der Waals surface area contributed by atoms with Gasteiger partial charge >= 0.3 is 0 Å². The molecule has 1 heterocycles. The zero-order valence-electron chi connectivity index (χ0n) is 18.8. The van der Waals surface area contributed by atoms with Gasteiger partial charge in [0, 0.05) is 11.9 Å². The summed E-state index contributed by atoms with van der Waals surface area (Å²) in [6.45, 7) is 10.8. The summed E-state index contributed by atoms with van der Waals surface area (Å²) < 4.78 is 6.10. The normalized spacial score (nSPS) is 11.2. The summed E-state index contributed by atoms with van der Waals surface area (Å²) in [4.78, 5) is 16.3. The first-order valence-corrected chi connectivity index (χ1v) is 10.4. The molecule has 160 valence electrons. The van der Waals surface area contributed by atoms with E-state index in [0.717, 1.165) is 33.7 Å². The van der Waals surface area contributed by atoms with Gasteiger partial charge in [0.1, 0.15) is 12.4 Å². The lowest BCUT2D eigenvalue weighted by atomic mass is 10.0. The monoisotopic (exact) mass is 415 g/mol. The van der Waals surface area contributed by atoms with E-state index in [9.17, 15) is 4.79 Å². The van der Waals surface area contributed by atoms with Crippen LogP contribution in [-0.2, 0) is 6.61 Å². The molecule has 1 amide bonds. The first kappa shape index (κ1) is 22.2. The molecule has 1 N–H and O–H groups in total. The second kappa shape index (κ2) is 10.0. The quantitative estimate of drug-likeness (QED) is 0.411. The van der Waals surface area contributed by atoms with E-state index in [0.29, 0.717) is 18.1 Å². The molecule has 0 unspecified atom stereocenters. The Bertz CT molecular complexity index is 1050. The van der Waals surface area contributed by atoms with E-state index in [1.54, 1.807) is 18.3 Å². The van der Waals surface area contributed by atoms with Crippen LogP contribution in [0, 0.1) is 20.8 Å². The fourth-order valence-electron chi connectivity index (χ4n) is 3.27. The Hall–Kier alpha value is -3.47. The summed E-state index contributed by atoms with van der Waals surface area (Å²) in [7, 11) is 0. The summed E-state index contributed by atoms with van der Waals surface area (Å²) in [6.07, 6.45) is 3.17. The van der Waals surface area contributed by atoms with Crippen molar-refractivity contribution < 1.29 is 9.53 Å². The van der Waals surface area contributed by atoms with Gasteiger partial charge in [-0.3, -0.25) is 9.78 Å². The van der Waals surface area contributed by atoms with E-state index in [-0.39, 0.29) is 5.91 Å². The third kappa shape index (κ3) is 6.01. The van der Waals surface area contributed by atoms with Crippen molar-refractivity contribution in [3.63, 3.8) is 0 Å². The number of nitrogens with one attached hydrogen (secondary N) is 1. The second-order valence-electron chi connectivity index (χ2n) is 8.06. The zero-order valence-corrected chi connectivity index (χ0v) is 18.8. The molecule has 31 heavy (non-hydrogen) atoms. The molecular formula is C26H29N3O2. The average Bonchev–Trinajstić information content (AvgIpc) is 2.74. The van der Waals surface area contributed by atoms with E-state index >= 15 is 0 Å². The van der Waals surface area contributed by atoms with Crippen LogP contribution >= 0.6 is 0 Å². The first-order valence-electron chi connectivity index (χ1n) is 10.4. The molecule has 0 bridgehead atoms. The average molecular weight is 416 g/mol. The number of amides is 1. The Morgan fingerprint density at radius 3 is 2.32 bits per heavy atom. The van der Waals surface area contributed by atoms with Crippen LogP contribution in [0.1, 0.15) is 63.6 Å². The predicted molar refractivity (Wildman–Crippen MR) is 125 cm³/mol. The van der Waals surface area contributed by atoms with Gasteiger partial charge in [-0.1, -0.05) is 38.1 Å². The summed E-state index contributed by atoms with van der Waals surface area (Å²) in [5.41, 5.74) is 9.28. The van der Waals surface area contributed by atoms with Crippen LogP contribution in [0.3, 0.4) is 0 Å². The maximum absolute atomic E-state index is 12.1. The highest BCUT2D eigenvalue weighted by molar-refractivity contribution is 5.94. The Morgan fingerprint density at radius 1 is 1.06 bits per heavy atom. The summed E-state index contributed by atoms with van der Waals surface area (Å²) in [5, 5.41) is 4.08. The highest BCUT2D eigenvalue weighted by Gasteiger charge is 2.08. The Labute approximate surface area is 184 Å². The summed E-state index contributed by atoms with van der Waals surface area (Å²) >= 11 is 0. The number of aryl methyl sites for hydroxylation is 3. The lowest BCUT2D eigenvalue weighted by Gasteiger charge is -2.14. The van der Waals surface area contributed by atoms with E-state index in [2.05, 4.69) is 53.6 Å². The third-order valence-electron chi connectivity index (χ3n) is 5.07. The van der Waals surface area contributed by atoms with Gasteiger partial charge in [-0.2, -0.15) is 5.10 Å². The van der Waals surface area contributed by atoms with Crippen molar-refractivity contribution >= 4 is 12.1 Å². The van der Waals surface area contributed by atoms with Gasteiger partial charge in [-0.05, 0) is 78.8 Å². The number of benzene rings is 2. The number of aromatic nitrogens is 1. The molecule has 0 aliphatic heterocycles. The number of ether oxygens (including phenoxy) is 1. The summed E-state index contributed by atoms with van der Waals surface area (Å²) in [5.74, 6) is 1.10. The van der Waals surface area contributed by atoms with Crippen molar-refractivity contribution in [2.75, 3.05) is 0 Å². The van der Waals surface area contributed by atoms with Crippen LogP contribution in [0.5, 0.6) is 5.75 Å². The van der Waals surface area contributed by atoms with Gasteiger partial charge < -0.3 is 4.74 Å². The minimum Gasteiger partial charge on any atom is -0.488 e. The molecule has 0 spiro atoms. The first-order chi connectivity index (χ1) is 14.8. The molecule has 0 radical (unpaired) electrons. The molecule has 3 aromatic rings. The van der Waals surface area contributed by atoms with Crippen molar-refractivity contribution in [1.82, 2.24) is 10.4 Å². The number of carbonyl (C=O) groups excluding carboxylic acids is 1. The van der Waals surface area contributed by atoms with Crippen LogP contribution in [0.25, 0.3) is 0 Å². The van der Waals surface area contributed by atoms with Gasteiger partial charge in [-0.25, -0.2) is 5.43 Å². The molecule has 5 nitrogen and oxygen atoms in total. The molecule has 3 rings (SSSR count). The maximum atomic E-state index is 12.1. The Balaban J connectivity index is 1.62. The van der Waals surface area contributed by atoms with Gasteiger partial charge in [0.15, 0.2) is 0 Å². The molecule has 0 atom stereocenters. The molecule has 0 aliphatic rings. The Morgan fingerprint density at radius 2 is 1.74 bits per heavy atom. The molecule has 2 aromatic carbocycles. The smallest absolute Gasteiger partial charge is 0.272 e. The SMILES string of the molecule is Cc1ccc(C(=O)N/N=C/c2cc(C)c(OCc3ccc(C(C)C)cc3)c(C)c2)cn1. The largest absolute Gasteiger partial charge is 0.488 e. The number of carbonyl (C=O) groups is 1. The fourth-order valence-corrected chi connectivity index (χ4v) is 3.27. The Kier molecular flexibility index (Phi) is 7.19. The van der Waals surface area contributed by atoms with Gasteiger partial charge in [0.2, 0.25) is 0 Å². The number of nitrogens with zero attached hydrogens (tertiary/aromatic N) is 2. The fraction of sp³-hybridized carbons (Fsp3) is 0.269. The van der Waals surface area contributed by atoms with E-state index in [1.807, 2.05) is 32.9 Å². The second-order valence-corrected chi connectivity index (χ2v) is 8.06. The van der Waals surface area contributed by atoms with Crippen LogP contribution < -0.4 is 10.2 Å². The number of rotatable bonds is 7. The van der Waals surface area contributed by atoms with Crippen LogP contribution in [0.15, 0.2) is 59.8 Å². The zero-order chi connectivity index (χ0) is 22.4. The molecule has 0 saturated heterocycles. The van der Waals surface area contributed by atoms with Crippen molar-refractivity contribution in [2.45, 2.75) is 47.1 Å². The third-order valence-corrected chi connectivity index (χ3v) is 5.07. The molecule has 5 heteroatoms. The number of hydrogen-bond acceptors (Lipinski definition) is 4. The lowest BCUT2D eigenvalue weighted by Crippen LogP contribution is -2.17. The number of pyridine rings is 1. The molecule has 0 saturated carbocycles. The molecule has 1 aromatic heterocycles. The maximum Gasteiger partial charge on any atom is 0.272 e. The topological polar surface area (TPSA) is 63.6 Å². The van der Waals surface area contributed by atoms with Gasteiger partial charge in [0.05, 0.1) is 11.8 Å². The summed E-state index contributed by atoms with van der Waals surface area (Å²) in [6, 6.07) is 16.1. The van der Waals surface area contributed by atoms with Crippen LogP contribution in [0.2, 0.25) is 0 Å². The van der Waals surface area contributed by atoms with Gasteiger partial charge in [-0.15, -0.1) is 0 Å². The van der Waals surface area contributed by atoms with Gasteiger partial charge in [0.25, 0.3) is 5.91 Å². The number of hydrogen-bond donors (Lipinski definition) is 1.